The molecule has 21 heavy (non-hydrogen) atoms. The normalized spacial score (nSPS) is 10.3. The fraction of sp³-hybridized carbons (Fsp3) is 0.467. The van der Waals surface area contributed by atoms with Crippen LogP contribution in [-0.2, 0) is 4.79 Å². The summed E-state index contributed by atoms with van der Waals surface area (Å²) in [5, 5.41) is 8.50. The first-order valence-corrected chi connectivity index (χ1v) is 7.12. The van der Waals surface area contributed by atoms with Crippen LogP contribution in [0.1, 0.15) is 31.1 Å². The van der Waals surface area contributed by atoms with Crippen molar-refractivity contribution in [2.45, 2.75) is 20.8 Å². The SMILES string of the molecule is CCNC(=O)c1ccc(N)cc1NCC(=O)NCC(C)C. The molecule has 0 aliphatic rings. The lowest BCUT2D eigenvalue weighted by atomic mass is 10.1. The molecular formula is C15H24N4O2. The largest absolute Gasteiger partial charge is 0.399 e. The minimum absolute atomic E-state index is 0.0998. The number of anilines is 2. The van der Waals surface area contributed by atoms with Gasteiger partial charge in [-0.2, -0.15) is 0 Å². The summed E-state index contributed by atoms with van der Waals surface area (Å²) in [6, 6.07) is 4.96. The van der Waals surface area contributed by atoms with E-state index in [9.17, 15) is 9.59 Å². The van der Waals surface area contributed by atoms with Crippen molar-refractivity contribution in [3.8, 4) is 0 Å². The Bertz CT molecular complexity index is 500. The summed E-state index contributed by atoms with van der Waals surface area (Å²) in [5.41, 5.74) is 7.30. The van der Waals surface area contributed by atoms with E-state index >= 15 is 0 Å². The van der Waals surface area contributed by atoms with Gasteiger partial charge in [0.1, 0.15) is 0 Å². The molecule has 0 radical (unpaired) electrons. The second-order valence-corrected chi connectivity index (χ2v) is 5.22. The predicted molar refractivity (Wildman–Crippen MR) is 85.2 cm³/mol. The molecule has 0 aliphatic carbocycles. The van der Waals surface area contributed by atoms with E-state index < -0.39 is 0 Å². The fourth-order valence-corrected chi connectivity index (χ4v) is 1.72. The standard InChI is InChI=1S/C15H24N4O2/c1-4-17-15(21)12-6-5-11(16)7-13(12)18-9-14(20)19-8-10(2)3/h5-7,10,18H,4,8-9,16H2,1-3H3,(H,17,21)(H,19,20). The van der Waals surface area contributed by atoms with E-state index in [4.69, 9.17) is 5.73 Å². The number of nitrogens with one attached hydrogen (secondary N) is 3. The first-order chi connectivity index (χ1) is 9.93. The quantitative estimate of drug-likeness (QED) is 0.568. The molecule has 1 rings (SSSR count). The van der Waals surface area contributed by atoms with E-state index in [1.54, 1.807) is 18.2 Å². The number of benzene rings is 1. The Morgan fingerprint density at radius 2 is 1.95 bits per heavy atom. The molecule has 6 nitrogen and oxygen atoms in total. The van der Waals surface area contributed by atoms with Gasteiger partial charge < -0.3 is 21.7 Å². The van der Waals surface area contributed by atoms with E-state index in [1.807, 2.05) is 20.8 Å². The molecule has 1 aromatic carbocycles. The van der Waals surface area contributed by atoms with Crippen molar-refractivity contribution in [1.29, 1.82) is 0 Å². The molecular weight excluding hydrogens is 268 g/mol. The minimum Gasteiger partial charge on any atom is -0.399 e. The topological polar surface area (TPSA) is 96.2 Å². The summed E-state index contributed by atoms with van der Waals surface area (Å²) in [5.74, 6) is 0.0859. The first-order valence-electron chi connectivity index (χ1n) is 7.12. The Labute approximate surface area is 125 Å². The van der Waals surface area contributed by atoms with Crippen molar-refractivity contribution >= 4 is 23.2 Å². The summed E-state index contributed by atoms with van der Waals surface area (Å²) < 4.78 is 0. The van der Waals surface area contributed by atoms with Gasteiger partial charge in [-0.15, -0.1) is 0 Å². The highest BCUT2D eigenvalue weighted by Gasteiger charge is 2.12. The van der Waals surface area contributed by atoms with Crippen LogP contribution in [-0.4, -0.2) is 31.4 Å². The number of rotatable bonds is 7. The molecule has 0 saturated carbocycles. The lowest BCUT2D eigenvalue weighted by Gasteiger charge is -2.13. The second-order valence-electron chi connectivity index (χ2n) is 5.22. The molecule has 0 heterocycles. The lowest BCUT2D eigenvalue weighted by Crippen LogP contribution is -2.33. The van der Waals surface area contributed by atoms with E-state index in [2.05, 4.69) is 16.0 Å². The maximum absolute atomic E-state index is 11.9. The predicted octanol–water partition coefficient (Wildman–Crippen LogP) is 1.20. The summed E-state index contributed by atoms with van der Waals surface area (Å²) >= 11 is 0. The van der Waals surface area contributed by atoms with Crippen molar-refractivity contribution in [1.82, 2.24) is 10.6 Å². The molecule has 5 N–H and O–H groups in total. The van der Waals surface area contributed by atoms with Crippen LogP contribution < -0.4 is 21.7 Å². The number of nitrogen functional groups attached to an aromatic ring is 1. The van der Waals surface area contributed by atoms with Crippen LogP contribution in [0, 0.1) is 5.92 Å². The van der Waals surface area contributed by atoms with Gasteiger partial charge in [0, 0.05) is 24.5 Å². The van der Waals surface area contributed by atoms with Gasteiger partial charge in [0.15, 0.2) is 0 Å². The number of hydrogen-bond donors (Lipinski definition) is 4. The maximum atomic E-state index is 11.9. The molecule has 0 atom stereocenters. The highest BCUT2D eigenvalue weighted by atomic mass is 16.2. The number of nitrogens with two attached hydrogens (primary N) is 1. The number of carbonyl (C=O) groups excluding carboxylic acids is 2. The van der Waals surface area contributed by atoms with Crippen LogP contribution >= 0.6 is 0 Å². The average molecular weight is 292 g/mol. The highest BCUT2D eigenvalue weighted by molar-refractivity contribution is 6.00. The summed E-state index contributed by atoms with van der Waals surface area (Å²) in [6.07, 6.45) is 0. The second kappa shape index (κ2) is 8.14. The van der Waals surface area contributed by atoms with Crippen molar-refractivity contribution in [3.63, 3.8) is 0 Å². The van der Waals surface area contributed by atoms with E-state index in [0.717, 1.165) is 0 Å². The number of carbonyl (C=O) groups is 2. The molecule has 0 fully saturated rings. The third kappa shape index (κ3) is 5.72. The van der Waals surface area contributed by atoms with Crippen LogP contribution in [0.15, 0.2) is 18.2 Å². The zero-order valence-corrected chi connectivity index (χ0v) is 12.8. The highest BCUT2D eigenvalue weighted by Crippen LogP contribution is 2.19. The zero-order chi connectivity index (χ0) is 15.8. The van der Waals surface area contributed by atoms with Crippen molar-refractivity contribution < 1.29 is 9.59 Å². The van der Waals surface area contributed by atoms with Gasteiger partial charge in [0.2, 0.25) is 5.91 Å². The lowest BCUT2D eigenvalue weighted by molar-refractivity contribution is -0.119. The van der Waals surface area contributed by atoms with Crippen LogP contribution in [0.5, 0.6) is 0 Å². The Hall–Kier alpha value is -2.24. The van der Waals surface area contributed by atoms with Crippen molar-refractivity contribution in [3.05, 3.63) is 23.8 Å². The molecule has 0 aliphatic heterocycles. The number of amides is 2. The Morgan fingerprint density at radius 1 is 1.24 bits per heavy atom. The molecule has 0 aromatic heterocycles. The summed E-state index contributed by atoms with van der Waals surface area (Å²) in [4.78, 5) is 23.7. The molecule has 2 amide bonds. The van der Waals surface area contributed by atoms with Gasteiger partial charge >= 0.3 is 0 Å². The Morgan fingerprint density at radius 3 is 2.57 bits per heavy atom. The van der Waals surface area contributed by atoms with Crippen LogP contribution in [0.3, 0.4) is 0 Å². The van der Waals surface area contributed by atoms with E-state index in [1.165, 1.54) is 0 Å². The Balaban J connectivity index is 2.70. The molecule has 1 aromatic rings. The average Bonchev–Trinajstić information content (AvgIpc) is 2.43. The maximum Gasteiger partial charge on any atom is 0.253 e. The van der Waals surface area contributed by atoms with E-state index in [-0.39, 0.29) is 18.4 Å². The van der Waals surface area contributed by atoms with Crippen molar-refractivity contribution in [2.24, 2.45) is 5.92 Å². The van der Waals surface area contributed by atoms with Gasteiger partial charge in [-0.05, 0) is 31.0 Å². The minimum atomic E-state index is -0.192. The summed E-state index contributed by atoms with van der Waals surface area (Å²) in [6.45, 7) is 7.17. The van der Waals surface area contributed by atoms with Crippen LogP contribution in [0.25, 0.3) is 0 Å². The zero-order valence-electron chi connectivity index (χ0n) is 12.8. The summed E-state index contributed by atoms with van der Waals surface area (Å²) in [7, 11) is 0. The molecule has 0 spiro atoms. The monoisotopic (exact) mass is 292 g/mol. The van der Waals surface area contributed by atoms with Gasteiger partial charge in [-0.1, -0.05) is 13.8 Å². The van der Waals surface area contributed by atoms with Gasteiger partial charge in [0.05, 0.1) is 12.1 Å². The molecule has 0 bridgehead atoms. The first kappa shape index (κ1) is 16.8. The number of hydrogen-bond acceptors (Lipinski definition) is 4. The molecule has 116 valence electrons. The van der Waals surface area contributed by atoms with Crippen molar-refractivity contribution in [2.75, 3.05) is 30.7 Å². The van der Waals surface area contributed by atoms with E-state index in [0.29, 0.717) is 35.9 Å². The van der Waals surface area contributed by atoms with Gasteiger partial charge in [0.25, 0.3) is 5.91 Å². The third-order valence-corrected chi connectivity index (χ3v) is 2.77. The molecule has 0 unspecified atom stereocenters. The van der Waals surface area contributed by atoms with Gasteiger partial charge in [-0.3, -0.25) is 9.59 Å². The fourth-order valence-electron chi connectivity index (χ4n) is 1.72. The molecule has 6 heteroatoms. The smallest absolute Gasteiger partial charge is 0.253 e. The van der Waals surface area contributed by atoms with Crippen LogP contribution in [0.2, 0.25) is 0 Å². The van der Waals surface area contributed by atoms with Gasteiger partial charge in [-0.25, -0.2) is 0 Å². The molecule has 0 saturated heterocycles. The Kier molecular flexibility index (Phi) is 6.52. The van der Waals surface area contributed by atoms with Crippen LogP contribution in [0.4, 0.5) is 11.4 Å². The third-order valence-electron chi connectivity index (χ3n) is 2.77.